The molecule has 0 saturated carbocycles. The fourth-order valence-corrected chi connectivity index (χ4v) is 1.58. The molecule has 1 fully saturated rings. The van der Waals surface area contributed by atoms with Crippen LogP contribution in [-0.4, -0.2) is 50.3 Å². The van der Waals surface area contributed by atoms with Gasteiger partial charge in [0.2, 0.25) is 5.91 Å². The Morgan fingerprint density at radius 2 is 1.93 bits per heavy atom. The molecule has 0 radical (unpaired) electrons. The molecule has 1 aliphatic rings. The second kappa shape index (κ2) is 4.94. The monoisotopic (exact) mass is 198 g/mol. The molecule has 2 atom stereocenters. The van der Waals surface area contributed by atoms with Crippen LogP contribution < -0.4 is 0 Å². The molecule has 1 heterocycles. The average molecular weight is 198 g/mol. The van der Waals surface area contributed by atoms with E-state index < -0.39 is 0 Å². The highest BCUT2D eigenvalue weighted by Gasteiger charge is 2.35. The van der Waals surface area contributed by atoms with Crippen LogP contribution in [0.4, 0.5) is 0 Å². The fourth-order valence-electron chi connectivity index (χ4n) is 1.58. The molecule has 78 valence electrons. The standard InChI is InChI=1S/C9H14N2O3/c1-13-7-5-11(6-8(7)14-2)9(12)3-4-10/h7-8H,3,5-6H2,1-2H3. The summed E-state index contributed by atoms with van der Waals surface area (Å²) in [4.78, 5) is 13.0. The van der Waals surface area contributed by atoms with Crippen LogP contribution in [-0.2, 0) is 14.3 Å². The van der Waals surface area contributed by atoms with Gasteiger partial charge in [0.25, 0.3) is 0 Å². The van der Waals surface area contributed by atoms with Crippen molar-refractivity contribution in [2.24, 2.45) is 0 Å². The molecule has 0 aromatic rings. The Morgan fingerprint density at radius 1 is 1.43 bits per heavy atom. The first-order valence-electron chi connectivity index (χ1n) is 4.43. The molecule has 0 aromatic heterocycles. The highest BCUT2D eigenvalue weighted by molar-refractivity contribution is 5.78. The van der Waals surface area contributed by atoms with E-state index in [2.05, 4.69) is 0 Å². The van der Waals surface area contributed by atoms with Crippen molar-refractivity contribution < 1.29 is 14.3 Å². The molecule has 5 heteroatoms. The number of hydrogen-bond acceptors (Lipinski definition) is 4. The largest absolute Gasteiger partial charge is 0.377 e. The average Bonchev–Trinajstić information content (AvgIpc) is 2.61. The van der Waals surface area contributed by atoms with E-state index >= 15 is 0 Å². The minimum absolute atomic E-state index is 0.0765. The molecule has 1 saturated heterocycles. The molecule has 2 unspecified atom stereocenters. The van der Waals surface area contributed by atoms with Crippen molar-refractivity contribution >= 4 is 5.91 Å². The van der Waals surface area contributed by atoms with Crippen LogP contribution in [0.15, 0.2) is 0 Å². The van der Waals surface area contributed by atoms with Gasteiger partial charge in [-0.2, -0.15) is 5.26 Å². The lowest BCUT2D eigenvalue weighted by atomic mass is 10.3. The molecule has 0 bridgehead atoms. The van der Waals surface area contributed by atoms with Gasteiger partial charge >= 0.3 is 0 Å². The zero-order valence-electron chi connectivity index (χ0n) is 8.40. The molecule has 0 spiro atoms. The van der Waals surface area contributed by atoms with E-state index in [1.807, 2.05) is 6.07 Å². The third-order valence-electron chi connectivity index (χ3n) is 2.40. The first-order chi connectivity index (χ1) is 6.72. The summed E-state index contributed by atoms with van der Waals surface area (Å²) in [5, 5.41) is 8.38. The lowest BCUT2D eigenvalue weighted by molar-refractivity contribution is -0.129. The zero-order chi connectivity index (χ0) is 10.6. The third-order valence-corrected chi connectivity index (χ3v) is 2.40. The highest BCUT2D eigenvalue weighted by atomic mass is 16.5. The van der Waals surface area contributed by atoms with Crippen molar-refractivity contribution in [2.45, 2.75) is 18.6 Å². The van der Waals surface area contributed by atoms with Gasteiger partial charge < -0.3 is 14.4 Å². The van der Waals surface area contributed by atoms with E-state index in [4.69, 9.17) is 14.7 Å². The predicted molar refractivity (Wildman–Crippen MR) is 48.4 cm³/mol. The van der Waals surface area contributed by atoms with Crippen LogP contribution in [0.2, 0.25) is 0 Å². The first-order valence-corrected chi connectivity index (χ1v) is 4.43. The summed E-state index contributed by atoms with van der Waals surface area (Å²) >= 11 is 0. The summed E-state index contributed by atoms with van der Waals surface area (Å²) in [7, 11) is 3.18. The maximum atomic E-state index is 11.4. The topological polar surface area (TPSA) is 62.6 Å². The summed E-state index contributed by atoms with van der Waals surface area (Å²) in [6, 6.07) is 1.84. The van der Waals surface area contributed by atoms with Gasteiger partial charge in [-0.25, -0.2) is 0 Å². The lowest BCUT2D eigenvalue weighted by Gasteiger charge is -2.13. The summed E-state index contributed by atoms with van der Waals surface area (Å²) in [5.41, 5.74) is 0. The molecule has 1 aliphatic heterocycles. The van der Waals surface area contributed by atoms with Gasteiger partial charge in [-0.1, -0.05) is 0 Å². The highest BCUT2D eigenvalue weighted by Crippen LogP contribution is 2.16. The van der Waals surface area contributed by atoms with E-state index in [-0.39, 0.29) is 24.5 Å². The number of carbonyl (C=O) groups is 1. The van der Waals surface area contributed by atoms with E-state index in [9.17, 15) is 4.79 Å². The Balaban J connectivity index is 2.53. The molecule has 0 N–H and O–H groups in total. The Kier molecular flexibility index (Phi) is 3.86. The van der Waals surface area contributed by atoms with E-state index in [1.165, 1.54) is 0 Å². The molecule has 1 rings (SSSR count). The molecule has 0 aromatic carbocycles. The minimum atomic E-state index is -0.158. The van der Waals surface area contributed by atoms with E-state index in [0.29, 0.717) is 13.1 Å². The Labute approximate surface area is 83.2 Å². The third kappa shape index (κ3) is 2.22. The fraction of sp³-hybridized carbons (Fsp3) is 0.778. The van der Waals surface area contributed by atoms with Crippen LogP contribution in [0.25, 0.3) is 0 Å². The maximum Gasteiger partial charge on any atom is 0.236 e. The van der Waals surface area contributed by atoms with Crippen LogP contribution in [0.3, 0.4) is 0 Å². The number of rotatable bonds is 3. The summed E-state index contributed by atoms with van der Waals surface area (Å²) in [6.07, 6.45) is -0.238. The predicted octanol–water partition coefficient (Wildman–Crippen LogP) is -0.228. The van der Waals surface area contributed by atoms with Crippen molar-refractivity contribution in [1.82, 2.24) is 4.90 Å². The smallest absolute Gasteiger partial charge is 0.236 e. The second-order valence-electron chi connectivity index (χ2n) is 3.18. The second-order valence-corrected chi connectivity index (χ2v) is 3.18. The van der Waals surface area contributed by atoms with Crippen LogP contribution in [0, 0.1) is 11.3 Å². The molecule has 1 amide bonds. The summed E-state index contributed by atoms with van der Waals surface area (Å²) in [5.74, 6) is -0.158. The summed E-state index contributed by atoms with van der Waals surface area (Å²) < 4.78 is 10.3. The van der Waals surface area contributed by atoms with Crippen molar-refractivity contribution in [1.29, 1.82) is 5.26 Å². The number of likely N-dealkylation sites (tertiary alicyclic amines) is 1. The minimum Gasteiger partial charge on any atom is -0.377 e. The van der Waals surface area contributed by atoms with Crippen molar-refractivity contribution in [3.63, 3.8) is 0 Å². The van der Waals surface area contributed by atoms with Gasteiger partial charge in [-0.15, -0.1) is 0 Å². The number of ether oxygens (including phenoxy) is 2. The number of carbonyl (C=O) groups excluding carboxylic acids is 1. The SMILES string of the molecule is COC1CN(C(=O)CC#N)CC1OC. The van der Waals surface area contributed by atoms with Gasteiger partial charge in [-0.3, -0.25) is 4.79 Å². The molecular formula is C9H14N2O3. The number of amides is 1. The Morgan fingerprint density at radius 3 is 2.29 bits per heavy atom. The number of methoxy groups -OCH3 is 2. The number of hydrogen-bond donors (Lipinski definition) is 0. The molecule has 5 nitrogen and oxygen atoms in total. The van der Waals surface area contributed by atoms with Gasteiger partial charge in [0, 0.05) is 27.3 Å². The lowest BCUT2D eigenvalue weighted by Crippen LogP contribution is -2.29. The van der Waals surface area contributed by atoms with Crippen LogP contribution >= 0.6 is 0 Å². The number of nitrogens with zero attached hydrogens (tertiary/aromatic N) is 2. The Hall–Kier alpha value is -1.12. The Bertz CT molecular complexity index is 237. The van der Waals surface area contributed by atoms with Gasteiger partial charge in [0.05, 0.1) is 6.07 Å². The van der Waals surface area contributed by atoms with Crippen LogP contribution in [0.1, 0.15) is 6.42 Å². The van der Waals surface area contributed by atoms with Gasteiger partial charge in [0.1, 0.15) is 18.6 Å². The quantitative estimate of drug-likeness (QED) is 0.628. The molecule has 14 heavy (non-hydrogen) atoms. The zero-order valence-corrected chi connectivity index (χ0v) is 8.40. The molecule has 0 aliphatic carbocycles. The van der Waals surface area contributed by atoms with E-state index in [0.717, 1.165) is 0 Å². The van der Waals surface area contributed by atoms with Crippen molar-refractivity contribution in [3.8, 4) is 6.07 Å². The van der Waals surface area contributed by atoms with Crippen molar-refractivity contribution in [3.05, 3.63) is 0 Å². The first kappa shape index (κ1) is 11.0. The van der Waals surface area contributed by atoms with Crippen molar-refractivity contribution in [2.75, 3.05) is 27.3 Å². The van der Waals surface area contributed by atoms with Gasteiger partial charge in [-0.05, 0) is 0 Å². The van der Waals surface area contributed by atoms with Crippen LogP contribution in [0.5, 0.6) is 0 Å². The number of nitriles is 1. The maximum absolute atomic E-state index is 11.4. The summed E-state index contributed by atoms with van der Waals surface area (Å²) in [6.45, 7) is 1.02. The normalized spacial score (nSPS) is 26.2. The van der Waals surface area contributed by atoms with E-state index in [1.54, 1.807) is 19.1 Å². The van der Waals surface area contributed by atoms with Gasteiger partial charge in [0.15, 0.2) is 0 Å². The molecular weight excluding hydrogens is 184 g/mol.